The third-order valence-electron chi connectivity index (χ3n) is 3.19. The van der Waals surface area contributed by atoms with E-state index in [-0.39, 0.29) is 30.4 Å². The second-order valence-corrected chi connectivity index (χ2v) is 7.62. The summed E-state index contributed by atoms with van der Waals surface area (Å²) in [4.78, 5) is 4.10. The summed E-state index contributed by atoms with van der Waals surface area (Å²) in [7, 11) is -3.60. The van der Waals surface area contributed by atoms with Crippen LogP contribution in [0.5, 0.6) is 0 Å². The molecule has 0 atom stereocenters. The lowest BCUT2D eigenvalue weighted by atomic mass is 10.1. The zero-order valence-electron chi connectivity index (χ0n) is 12.4. The van der Waals surface area contributed by atoms with E-state index in [0.29, 0.717) is 17.4 Å². The van der Waals surface area contributed by atoms with Crippen LogP contribution in [0.25, 0.3) is 0 Å². The van der Waals surface area contributed by atoms with Crippen molar-refractivity contribution in [1.29, 1.82) is 0 Å². The maximum absolute atomic E-state index is 12.7. The quantitative estimate of drug-likeness (QED) is 0.746. The summed E-state index contributed by atoms with van der Waals surface area (Å²) >= 11 is 3.25. The van der Waals surface area contributed by atoms with Crippen molar-refractivity contribution in [3.05, 3.63) is 58.8 Å². The Hall–Kier alpha value is -0.990. The number of pyridine rings is 1. The molecule has 1 heterocycles. The Morgan fingerprint density at radius 3 is 2.43 bits per heavy atom. The average Bonchev–Trinajstić information content (AvgIpc) is 2.52. The van der Waals surface area contributed by atoms with Crippen molar-refractivity contribution in [2.45, 2.75) is 11.3 Å². The van der Waals surface area contributed by atoms with Gasteiger partial charge in [-0.1, -0.05) is 30.3 Å². The second-order valence-electron chi connectivity index (χ2n) is 4.77. The van der Waals surface area contributed by atoms with Crippen LogP contribution in [0.4, 0.5) is 0 Å². The molecule has 23 heavy (non-hydrogen) atoms. The summed E-state index contributed by atoms with van der Waals surface area (Å²) < 4.78 is 27.4. The molecule has 0 spiro atoms. The van der Waals surface area contributed by atoms with Gasteiger partial charge in [-0.25, -0.2) is 8.42 Å². The average molecular weight is 421 g/mol. The Morgan fingerprint density at radius 2 is 1.83 bits per heavy atom. The van der Waals surface area contributed by atoms with Crippen molar-refractivity contribution in [1.82, 2.24) is 9.29 Å². The molecule has 1 aromatic carbocycles. The predicted octanol–water partition coefficient (Wildman–Crippen LogP) is 2.46. The molecule has 5 nitrogen and oxygen atoms in total. The normalized spacial score (nSPS) is 11.3. The second kappa shape index (κ2) is 9.34. The fourth-order valence-corrected chi connectivity index (χ4v) is 4.04. The van der Waals surface area contributed by atoms with E-state index in [1.54, 1.807) is 12.3 Å². The van der Waals surface area contributed by atoms with Crippen LogP contribution < -0.4 is 5.73 Å². The predicted molar refractivity (Wildman–Crippen MR) is 97.1 cm³/mol. The molecule has 2 aromatic rings. The molecule has 2 rings (SSSR count). The van der Waals surface area contributed by atoms with Gasteiger partial charge >= 0.3 is 0 Å². The van der Waals surface area contributed by atoms with Gasteiger partial charge in [0.1, 0.15) is 4.90 Å². The molecule has 0 aliphatic rings. The third-order valence-corrected chi connectivity index (χ3v) is 5.49. The lowest BCUT2D eigenvalue weighted by Gasteiger charge is -2.21. The number of rotatable bonds is 7. The van der Waals surface area contributed by atoms with E-state index in [0.717, 1.165) is 5.56 Å². The number of aromatic nitrogens is 1. The van der Waals surface area contributed by atoms with Gasteiger partial charge < -0.3 is 5.73 Å². The summed E-state index contributed by atoms with van der Waals surface area (Å²) in [5, 5.41) is 0. The Bertz CT molecular complexity index is 714. The van der Waals surface area contributed by atoms with Crippen LogP contribution in [-0.4, -0.2) is 37.3 Å². The van der Waals surface area contributed by atoms with E-state index in [4.69, 9.17) is 5.73 Å². The van der Waals surface area contributed by atoms with Crippen molar-refractivity contribution in [2.75, 3.05) is 19.6 Å². The summed E-state index contributed by atoms with van der Waals surface area (Å²) in [6, 6.07) is 11.3. The fraction of sp³-hybridized carbons (Fsp3) is 0.267. The summed E-state index contributed by atoms with van der Waals surface area (Å²) in [5.74, 6) is 0. The van der Waals surface area contributed by atoms with E-state index in [1.807, 2.05) is 30.3 Å². The van der Waals surface area contributed by atoms with E-state index < -0.39 is 10.0 Å². The fourth-order valence-electron chi connectivity index (χ4n) is 2.08. The Morgan fingerprint density at radius 1 is 1.13 bits per heavy atom. The summed E-state index contributed by atoms with van der Waals surface area (Å²) in [6.45, 7) is 0.938. The lowest BCUT2D eigenvalue weighted by Crippen LogP contribution is -2.37. The van der Waals surface area contributed by atoms with Crippen LogP contribution in [0.3, 0.4) is 0 Å². The zero-order valence-corrected chi connectivity index (χ0v) is 15.6. The van der Waals surface area contributed by atoms with Gasteiger partial charge in [-0.05, 0) is 34.0 Å². The SMILES string of the molecule is Cl.NCCN(CCc1ccccc1)S(=O)(=O)c1cncc(Br)c1. The molecule has 0 saturated heterocycles. The highest BCUT2D eigenvalue weighted by Crippen LogP contribution is 2.19. The first kappa shape index (κ1) is 20.1. The molecule has 0 aliphatic carbocycles. The molecular formula is C15H19BrClN3O2S. The number of sulfonamides is 1. The van der Waals surface area contributed by atoms with E-state index in [2.05, 4.69) is 20.9 Å². The van der Waals surface area contributed by atoms with Gasteiger partial charge in [0.05, 0.1) is 0 Å². The minimum absolute atomic E-state index is 0. The van der Waals surface area contributed by atoms with Gasteiger partial charge in [-0.15, -0.1) is 12.4 Å². The van der Waals surface area contributed by atoms with E-state index >= 15 is 0 Å². The molecule has 8 heteroatoms. The molecule has 1 aromatic heterocycles. The third kappa shape index (κ3) is 5.54. The standard InChI is InChI=1S/C15H18BrN3O2S.ClH/c16-14-10-15(12-18-11-14)22(20,21)19(9-7-17)8-6-13-4-2-1-3-5-13;/h1-5,10-12H,6-9,17H2;1H. The first-order chi connectivity index (χ1) is 10.5. The largest absolute Gasteiger partial charge is 0.329 e. The highest BCUT2D eigenvalue weighted by molar-refractivity contribution is 9.10. The van der Waals surface area contributed by atoms with Crippen molar-refractivity contribution < 1.29 is 8.42 Å². The Balaban J connectivity index is 0.00000264. The van der Waals surface area contributed by atoms with E-state index in [1.165, 1.54) is 10.5 Å². The van der Waals surface area contributed by atoms with Crippen LogP contribution in [0, 0.1) is 0 Å². The van der Waals surface area contributed by atoms with E-state index in [9.17, 15) is 8.42 Å². The summed E-state index contributed by atoms with van der Waals surface area (Å²) in [5.41, 5.74) is 6.66. The lowest BCUT2D eigenvalue weighted by molar-refractivity contribution is 0.421. The minimum atomic E-state index is -3.60. The minimum Gasteiger partial charge on any atom is -0.329 e. The molecule has 0 fully saturated rings. The Kier molecular flexibility index (Phi) is 8.15. The highest BCUT2D eigenvalue weighted by atomic mass is 79.9. The van der Waals surface area contributed by atoms with Gasteiger partial charge in [-0.2, -0.15) is 4.31 Å². The number of benzene rings is 1. The molecule has 0 unspecified atom stereocenters. The number of hydrogen-bond donors (Lipinski definition) is 1. The van der Waals surface area contributed by atoms with Gasteiger partial charge in [0.15, 0.2) is 0 Å². The van der Waals surface area contributed by atoms with Gasteiger partial charge in [0, 0.05) is 36.5 Å². The topological polar surface area (TPSA) is 76.3 Å². The van der Waals surface area contributed by atoms with Crippen LogP contribution in [0.15, 0.2) is 58.2 Å². The first-order valence-corrected chi connectivity index (χ1v) is 9.12. The molecule has 0 aliphatic heterocycles. The van der Waals surface area contributed by atoms with Crippen molar-refractivity contribution in [3.8, 4) is 0 Å². The smallest absolute Gasteiger partial charge is 0.244 e. The maximum Gasteiger partial charge on any atom is 0.244 e. The van der Waals surface area contributed by atoms with Gasteiger partial charge in [-0.3, -0.25) is 4.98 Å². The number of halogens is 2. The first-order valence-electron chi connectivity index (χ1n) is 6.89. The highest BCUT2D eigenvalue weighted by Gasteiger charge is 2.24. The zero-order chi connectivity index (χ0) is 16.0. The van der Waals surface area contributed by atoms with Crippen LogP contribution in [0.2, 0.25) is 0 Å². The molecule has 126 valence electrons. The molecular weight excluding hydrogens is 402 g/mol. The summed E-state index contributed by atoms with van der Waals surface area (Å²) in [6.07, 6.45) is 3.55. The molecule has 0 radical (unpaired) electrons. The Labute approximate surface area is 151 Å². The van der Waals surface area contributed by atoms with Gasteiger partial charge in [0.2, 0.25) is 10.0 Å². The molecule has 0 saturated carbocycles. The molecule has 0 amide bonds. The van der Waals surface area contributed by atoms with Crippen molar-refractivity contribution in [3.63, 3.8) is 0 Å². The van der Waals surface area contributed by atoms with Gasteiger partial charge in [0.25, 0.3) is 0 Å². The number of nitrogens with zero attached hydrogens (tertiary/aromatic N) is 2. The molecule has 0 bridgehead atoms. The van der Waals surface area contributed by atoms with Crippen molar-refractivity contribution >= 4 is 38.4 Å². The van der Waals surface area contributed by atoms with Crippen LogP contribution >= 0.6 is 28.3 Å². The van der Waals surface area contributed by atoms with Crippen LogP contribution in [0.1, 0.15) is 5.56 Å². The van der Waals surface area contributed by atoms with Crippen molar-refractivity contribution in [2.24, 2.45) is 5.73 Å². The maximum atomic E-state index is 12.7. The molecule has 2 N–H and O–H groups in total. The van der Waals surface area contributed by atoms with Crippen LogP contribution in [-0.2, 0) is 16.4 Å². The number of hydrogen-bond acceptors (Lipinski definition) is 4. The number of nitrogens with two attached hydrogens (primary N) is 1. The monoisotopic (exact) mass is 419 g/mol.